The highest BCUT2D eigenvalue weighted by atomic mass is 16.2. The first kappa shape index (κ1) is 12.7. The molecule has 0 aromatic rings. The molecule has 1 saturated heterocycles. The van der Waals surface area contributed by atoms with Crippen LogP contribution in [0.3, 0.4) is 0 Å². The number of hydrogen-bond acceptors (Lipinski definition) is 3. The zero-order chi connectivity index (χ0) is 10.9. The zero-order valence-corrected chi connectivity index (χ0v) is 9.53. The molecule has 0 bridgehead atoms. The molecule has 1 rings (SSSR count). The van der Waals surface area contributed by atoms with Crippen molar-refractivity contribution >= 4 is 6.29 Å². The highest BCUT2D eigenvalue weighted by molar-refractivity contribution is 5.53. The predicted molar refractivity (Wildman–Crippen MR) is 60.8 cm³/mol. The largest absolute Gasteiger partial charge is 0.396 e. The molecule has 3 nitrogen and oxygen atoms in total. The van der Waals surface area contributed by atoms with Gasteiger partial charge in [-0.15, -0.1) is 0 Å². The van der Waals surface area contributed by atoms with Crippen LogP contribution in [0.15, 0.2) is 0 Å². The Morgan fingerprint density at radius 1 is 1.13 bits per heavy atom. The Morgan fingerprint density at radius 3 is 2.40 bits per heavy atom. The summed E-state index contributed by atoms with van der Waals surface area (Å²) in [5, 5.41) is 8.63. The van der Waals surface area contributed by atoms with E-state index in [2.05, 4.69) is 4.90 Å². The summed E-state index contributed by atoms with van der Waals surface area (Å²) in [6, 6.07) is 0. The van der Waals surface area contributed by atoms with Crippen molar-refractivity contribution in [2.45, 2.75) is 38.5 Å². The number of rotatable bonds is 7. The van der Waals surface area contributed by atoms with E-state index in [4.69, 9.17) is 5.11 Å². The van der Waals surface area contributed by atoms with Crippen LogP contribution in [0.25, 0.3) is 0 Å². The van der Waals surface area contributed by atoms with Crippen LogP contribution in [0.4, 0.5) is 0 Å². The van der Waals surface area contributed by atoms with Crippen LogP contribution in [0.5, 0.6) is 0 Å². The van der Waals surface area contributed by atoms with E-state index in [-0.39, 0.29) is 0 Å². The molecule has 0 saturated carbocycles. The minimum Gasteiger partial charge on any atom is -0.396 e. The van der Waals surface area contributed by atoms with Crippen LogP contribution in [0, 0.1) is 5.92 Å². The van der Waals surface area contributed by atoms with E-state index in [0.29, 0.717) is 12.5 Å². The maximum atomic E-state index is 10.6. The van der Waals surface area contributed by atoms with Gasteiger partial charge in [-0.1, -0.05) is 12.8 Å². The Labute approximate surface area is 92.5 Å². The van der Waals surface area contributed by atoms with Gasteiger partial charge in [0.2, 0.25) is 0 Å². The van der Waals surface area contributed by atoms with Crippen LogP contribution in [0.1, 0.15) is 38.5 Å². The van der Waals surface area contributed by atoms with Crippen molar-refractivity contribution in [3.8, 4) is 0 Å². The van der Waals surface area contributed by atoms with Crippen molar-refractivity contribution in [1.29, 1.82) is 0 Å². The third kappa shape index (κ3) is 5.28. The molecule has 0 amide bonds. The van der Waals surface area contributed by atoms with Crippen molar-refractivity contribution < 1.29 is 9.90 Å². The van der Waals surface area contributed by atoms with E-state index in [1.807, 2.05) is 0 Å². The molecule has 1 N–H and O–H groups in total. The molecular formula is C12H23NO2. The number of hydrogen-bond donors (Lipinski definition) is 1. The second-order valence-corrected chi connectivity index (χ2v) is 4.45. The minimum atomic E-state index is 0.315. The fourth-order valence-electron chi connectivity index (χ4n) is 2.11. The first-order chi connectivity index (χ1) is 7.36. The Bertz CT molecular complexity index is 165. The molecule has 1 heterocycles. The number of likely N-dealkylation sites (tertiary alicyclic amines) is 1. The van der Waals surface area contributed by atoms with Crippen LogP contribution in [-0.2, 0) is 4.79 Å². The van der Waals surface area contributed by atoms with E-state index < -0.39 is 0 Å². The van der Waals surface area contributed by atoms with Crippen LogP contribution < -0.4 is 0 Å². The normalized spacial score (nSPS) is 19.3. The van der Waals surface area contributed by atoms with Gasteiger partial charge in [0.05, 0.1) is 0 Å². The lowest BCUT2D eigenvalue weighted by atomic mass is 9.98. The zero-order valence-electron chi connectivity index (χ0n) is 9.53. The summed E-state index contributed by atoms with van der Waals surface area (Å²) in [7, 11) is 0. The van der Waals surface area contributed by atoms with Gasteiger partial charge in [-0.2, -0.15) is 0 Å². The monoisotopic (exact) mass is 213 g/mol. The van der Waals surface area contributed by atoms with Crippen molar-refractivity contribution in [2.75, 3.05) is 26.2 Å². The highest BCUT2D eigenvalue weighted by Gasteiger charge is 2.17. The Balaban J connectivity index is 1.96. The first-order valence-corrected chi connectivity index (χ1v) is 6.15. The van der Waals surface area contributed by atoms with Gasteiger partial charge >= 0.3 is 0 Å². The predicted octanol–water partition coefficient (Wildman–Crippen LogP) is 1.45. The van der Waals surface area contributed by atoms with Crippen molar-refractivity contribution in [1.82, 2.24) is 4.90 Å². The number of carbonyl (C=O) groups excluding carboxylic acids is 1. The molecule has 0 spiro atoms. The number of nitrogens with zero attached hydrogens (tertiary/aromatic N) is 1. The third-order valence-electron chi connectivity index (χ3n) is 3.21. The summed E-state index contributed by atoms with van der Waals surface area (Å²) in [6.45, 7) is 3.66. The minimum absolute atomic E-state index is 0.315. The summed E-state index contributed by atoms with van der Waals surface area (Å²) in [5.74, 6) is 0.315. The number of aliphatic hydroxyl groups excluding tert-OH is 1. The van der Waals surface area contributed by atoms with Crippen molar-refractivity contribution in [2.24, 2.45) is 5.92 Å². The Kier molecular flexibility index (Phi) is 6.60. The van der Waals surface area contributed by atoms with Gasteiger partial charge in [0, 0.05) is 12.5 Å². The molecular weight excluding hydrogens is 190 g/mol. The van der Waals surface area contributed by atoms with Crippen LogP contribution >= 0.6 is 0 Å². The summed E-state index contributed by atoms with van der Waals surface area (Å²) in [5.41, 5.74) is 0. The molecule has 1 fully saturated rings. The Morgan fingerprint density at radius 2 is 1.80 bits per heavy atom. The lowest BCUT2D eigenvalue weighted by Gasteiger charge is -2.29. The lowest BCUT2D eigenvalue weighted by molar-refractivity contribution is -0.112. The molecule has 0 unspecified atom stereocenters. The van der Waals surface area contributed by atoms with Crippen molar-refractivity contribution in [3.05, 3.63) is 0 Å². The second-order valence-electron chi connectivity index (χ2n) is 4.45. The molecule has 0 aromatic heterocycles. The smallest absolute Gasteiger partial charge is 0.123 e. The van der Waals surface area contributed by atoms with Gasteiger partial charge in [-0.05, 0) is 45.3 Å². The quantitative estimate of drug-likeness (QED) is 0.514. The van der Waals surface area contributed by atoms with E-state index in [1.165, 1.54) is 12.8 Å². The molecule has 3 heteroatoms. The summed E-state index contributed by atoms with van der Waals surface area (Å²) in [4.78, 5) is 13.0. The number of aliphatic hydroxyl groups is 1. The SMILES string of the molecule is O=CC1CCN(CCCCCCO)CC1. The molecule has 0 aliphatic carbocycles. The molecule has 88 valence electrons. The highest BCUT2D eigenvalue weighted by Crippen LogP contribution is 2.15. The molecule has 1 aliphatic rings. The number of aldehydes is 1. The fraction of sp³-hybridized carbons (Fsp3) is 0.917. The van der Waals surface area contributed by atoms with E-state index in [1.54, 1.807) is 0 Å². The van der Waals surface area contributed by atoms with Crippen LogP contribution in [0.2, 0.25) is 0 Å². The maximum absolute atomic E-state index is 10.6. The fourth-order valence-corrected chi connectivity index (χ4v) is 2.11. The van der Waals surface area contributed by atoms with E-state index >= 15 is 0 Å². The average Bonchev–Trinajstić information content (AvgIpc) is 2.30. The van der Waals surface area contributed by atoms with Gasteiger partial charge in [-0.3, -0.25) is 0 Å². The second kappa shape index (κ2) is 7.83. The maximum Gasteiger partial charge on any atom is 0.123 e. The van der Waals surface area contributed by atoms with Gasteiger partial charge in [0.25, 0.3) is 0 Å². The van der Waals surface area contributed by atoms with Crippen molar-refractivity contribution in [3.63, 3.8) is 0 Å². The van der Waals surface area contributed by atoms with Gasteiger partial charge < -0.3 is 14.8 Å². The average molecular weight is 213 g/mol. The van der Waals surface area contributed by atoms with Gasteiger partial charge in [0.1, 0.15) is 6.29 Å². The van der Waals surface area contributed by atoms with E-state index in [9.17, 15) is 4.79 Å². The summed E-state index contributed by atoms with van der Waals surface area (Å²) >= 11 is 0. The molecule has 15 heavy (non-hydrogen) atoms. The Hall–Kier alpha value is -0.410. The molecule has 0 atom stereocenters. The number of unbranched alkanes of at least 4 members (excludes halogenated alkanes) is 3. The lowest BCUT2D eigenvalue weighted by Crippen LogP contribution is -2.34. The molecule has 0 aromatic carbocycles. The number of carbonyl (C=O) groups is 1. The van der Waals surface area contributed by atoms with E-state index in [0.717, 1.165) is 51.6 Å². The third-order valence-corrected chi connectivity index (χ3v) is 3.21. The van der Waals surface area contributed by atoms with Gasteiger partial charge in [0.15, 0.2) is 0 Å². The topological polar surface area (TPSA) is 40.5 Å². The number of piperidine rings is 1. The van der Waals surface area contributed by atoms with Gasteiger partial charge in [-0.25, -0.2) is 0 Å². The summed E-state index contributed by atoms with van der Waals surface area (Å²) in [6.07, 6.45) is 7.72. The standard InChI is InChI=1S/C12H23NO2/c14-10-4-2-1-3-7-13-8-5-12(11-15)6-9-13/h11-12,14H,1-10H2. The molecule has 1 aliphatic heterocycles. The molecule has 0 radical (unpaired) electrons. The summed E-state index contributed by atoms with van der Waals surface area (Å²) < 4.78 is 0. The van der Waals surface area contributed by atoms with Crippen LogP contribution in [-0.4, -0.2) is 42.5 Å². The first-order valence-electron chi connectivity index (χ1n) is 6.15.